The largest absolute Gasteiger partial charge is 0.226 e. The summed E-state index contributed by atoms with van der Waals surface area (Å²) in [7, 11) is 0. The summed E-state index contributed by atoms with van der Waals surface area (Å²) in [5, 5.41) is 0.724. The number of halogens is 2. The first-order valence-corrected chi connectivity index (χ1v) is 4.68. The van der Waals surface area contributed by atoms with Crippen molar-refractivity contribution in [3.63, 3.8) is 0 Å². The van der Waals surface area contributed by atoms with Gasteiger partial charge in [0.25, 0.3) is 0 Å². The van der Waals surface area contributed by atoms with Crippen molar-refractivity contribution in [3.8, 4) is 0 Å². The molecule has 0 aromatic carbocycles. The Labute approximate surface area is 80.9 Å². The van der Waals surface area contributed by atoms with Crippen molar-refractivity contribution in [2.24, 2.45) is 5.92 Å². The molecule has 1 aliphatic carbocycles. The van der Waals surface area contributed by atoms with E-state index < -0.39 is 0 Å². The van der Waals surface area contributed by atoms with Gasteiger partial charge in [0.15, 0.2) is 0 Å². The smallest absolute Gasteiger partial charge is 0.223 e. The Bertz CT molecular complexity index is 297. The highest BCUT2D eigenvalue weighted by molar-refractivity contribution is 6.32. The van der Waals surface area contributed by atoms with Gasteiger partial charge >= 0.3 is 0 Å². The zero-order chi connectivity index (χ0) is 8.55. The van der Waals surface area contributed by atoms with Crippen LogP contribution in [-0.4, -0.2) is 9.97 Å². The average molecular weight is 203 g/mol. The lowest BCUT2D eigenvalue weighted by molar-refractivity contribution is 0.820. The zero-order valence-electron chi connectivity index (χ0n) is 6.43. The molecular formula is C8H8Cl2N2. The Hall–Kier alpha value is -0.340. The van der Waals surface area contributed by atoms with E-state index >= 15 is 0 Å². The molecule has 0 bridgehead atoms. The van der Waals surface area contributed by atoms with E-state index in [4.69, 9.17) is 23.2 Å². The van der Waals surface area contributed by atoms with Crippen LogP contribution in [0.5, 0.6) is 0 Å². The van der Waals surface area contributed by atoms with Crippen LogP contribution in [0.4, 0.5) is 0 Å². The van der Waals surface area contributed by atoms with Gasteiger partial charge in [-0.1, -0.05) is 11.6 Å². The van der Waals surface area contributed by atoms with Gasteiger partial charge in [-0.15, -0.1) is 0 Å². The number of nitrogens with zero attached hydrogens (tertiary/aromatic N) is 2. The van der Waals surface area contributed by atoms with Crippen molar-refractivity contribution in [2.75, 3.05) is 0 Å². The van der Waals surface area contributed by atoms with Gasteiger partial charge < -0.3 is 0 Å². The summed E-state index contributed by atoms with van der Waals surface area (Å²) in [6.07, 6.45) is 5.32. The summed E-state index contributed by atoms with van der Waals surface area (Å²) in [5.41, 5.74) is 1.02. The summed E-state index contributed by atoms with van der Waals surface area (Å²) >= 11 is 11.4. The van der Waals surface area contributed by atoms with Crippen LogP contribution in [0.1, 0.15) is 18.4 Å². The molecule has 0 unspecified atom stereocenters. The predicted octanol–water partition coefficient (Wildman–Crippen LogP) is 2.74. The minimum atomic E-state index is 0.222. The Kier molecular flexibility index (Phi) is 2.20. The van der Waals surface area contributed by atoms with Crippen LogP contribution >= 0.6 is 23.2 Å². The molecule has 1 aromatic heterocycles. The van der Waals surface area contributed by atoms with Crippen LogP contribution in [0.25, 0.3) is 0 Å². The monoisotopic (exact) mass is 202 g/mol. The highest BCUT2D eigenvalue weighted by Crippen LogP contribution is 2.33. The van der Waals surface area contributed by atoms with Crippen molar-refractivity contribution in [1.82, 2.24) is 9.97 Å². The number of rotatable bonds is 2. The molecule has 0 N–H and O–H groups in total. The third-order valence-corrected chi connectivity index (χ3v) is 2.50. The van der Waals surface area contributed by atoms with E-state index in [1.54, 1.807) is 6.20 Å². The molecule has 1 fully saturated rings. The lowest BCUT2D eigenvalue weighted by Crippen LogP contribution is -1.93. The topological polar surface area (TPSA) is 25.8 Å². The lowest BCUT2D eigenvalue weighted by Gasteiger charge is -2.00. The van der Waals surface area contributed by atoms with E-state index in [9.17, 15) is 0 Å². The van der Waals surface area contributed by atoms with Crippen LogP contribution in [0.15, 0.2) is 6.20 Å². The number of hydrogen-bond donors (Lipinski definition) is 0. The second-order valence-corrected chi connectivity index (χ2v) is 3.80. The highest BCUT2D eigenvalue weighted by Gasteiger charge is 2.22. The molecule has 0 aliphatic heterocycles. The van der Waals surface area contributed by atoms with Gasteiger partial charge in [-0.05, 0) is 36.8 Å². The van der Waals surface area contributed by atoms with Crippen LogP contribution in [-0.2, 0) is 6.42 Å². The number of aromatic nitrogens is 2. The minimum Gasteiger partial charge on any atom is -0.226 e. The maximum atomic E-state index is 5.87. The van der Waals surface area contributed by atoms with Crippen molar-refractivity contribution < 1.29 is 0 Å². The third kappa shape index (κ3) is 1.87. The van der Waals surface area contributed by atoms with Gasteiger partial charge in [0.1, 0.15) is 5.15 Å². The number of hydrogen-bond acceptors (Lipinski definition) is 2. The van der Waals surface area contributed by atoms with E-state index in [1.807, 2.05) is 0 Å². The highest BCUT2D eigenvalue weighted by atomic mass is 35.5. The quantitative estimate of drug-likeness (QED) is 0.545. The summed E-state index contributed by atoms with van der Waals surface area (Å²) < 4.78 is 0. The first-order valence-electron chi connectivity index (χ1n) is 3.92. The Balaban J connectivity index is 2.18. The first kappa shape index (κ1) is 8.27. The summed E-state index contributed by atoms with van der Waals surface area (Å²) in [6, 6.07) is 0. The van der Waals surface area contributed by atoms with Gasteiger partial charge in [-0.3, -0.25) is 0 Å². The molecule has 12 heavy (non-hydrogen) atoms. The van der Waals surface area contributed by atoms with Crippen LogP contribution in [0, 0.1) is 5.92 Å². The second-order valence-electron chi connectivity index (χ2n) is 3.10. The van der Waals surface area contributed by atoms with Gasteiger partial charge in [0.05, 0.1) is 0 Å². The molecule has 0 spiro atoms. The molecule has 0 saturated heterocycles. The van der Waals surface area contributed by atoms with Crippen LogP contribution < -0.4 is 0 Å². The Morgan fingerprint density at radius 1 is 1.42 bits per heavy atom. The third-order valence-electron chi connectivity index (χ3n) is 1.99. The molecule has 2 rings (SSSR count). The molecule has 1 aromatic rings. The zero-order valence-corrected chi connectivity index (χ0v) is 7.94. The molecule has 2 nitrogen and oxygen atoms in total. The molecule has 1 aliphatic rings. The van der Waals surface area contributed by atoms with Crippen molar-refractivity contribution in [3.05, 3.63) is 22.2 Å². The molecule has 0 radical (unpaired) electrons. The van der Waals surface area contributed by atoms with Gasteiger partial charge in [-0.2, -0.15) is 0 Å². The normalized spacial score (nSPS) is 16.5. The van der Waals surface area contributed by atoms with Gasteiger partial charge in [0.2, 0.25) is 5.28 Å². The Morgan fingerprint density at radius 2 is 2.17 bits per heavy atom. The fourth-order valence-corrected chi connectivity index (χ4v) is 1.52. The van der Waals surface area contributed by atoms with Crippen LogP contribution in [0.3, 0.4) is 0 Å². The van der Waals surface area contributed by atoms with E-state index in [0.717, 1.165) is 17.9 Å². The van der Waals surface area contributed by atoms with Crippen molar-refractivity contribution in [1.29, 1.82) is 0 Å². The van der Waals surface area contributed by atoms with Crippen LogP contribution in [0.2, 0.25) is 10.4 Å². The standard InChI is InChI=1S/C8H8Cl2N2/c9-7-6(3-5-1-2-5)4-11-8(10)12-7/h4-5H,1-3H2. The van der Waals surface area contributed by atoms with E-state index in [1.165, 1.54) is 12.8 Å². The second kappa shape index (κ2) is 3.19. The average Bonchev–Trinajstić information content (AvgIpc) is 2.79. The summed E-state index contributed by atoms with van der Waals surface area (Å²) in [6.45, 7) is 0. The molecule has 0 atom stereocenters. The molecule has 64 valence electrons. The minimum absolute atomic E-state index is 0.222. The summed E-state index contributed by atoms with van der Waals surface area (Å²) in [5.74, 6) is 0.798. The van der Waals surface area contributed by atoms with E-state index in [0.29, 0.717) is 5.15 Å². The molecule has 4 heteroatoms. The first-order chi connectivity index (χ1) is 5.75. The van der Waals surface area contributed by atoms with Crippen molar-refractivity contribution >= 4 is 23.2 Å². The van der Waals surface area contributed by atoms with Crippen molar-refractivity contribution in [2.45, 2.75) is 19.3 Å². The van der Waals surface area contributed by atoms with E-state index in [-0.39, 0.29) is 5.28 Å². The molecule has 1 saturated carbocycles. The summed E-state index contributed by atoms with van der Waals surface area (Å²) in [4.78, 5) is 7.76. The predicted molar refractivity (Wildman–Crippen MR) is 48.5 cm³/mol. The fraction of sp³-hybridized carbons (Fsp3) is 0.500. The van der Waals surface area contributed by atoms with Gasteiger partial charge in [0, 0.05) is 11.8 Å². The molecule has 0 amide bonds. The SMILES string of the molecule is Clc1ncc(CC2CC2)c(Cl)n1. The lowest BCUT2D eigenvalue weighted by atomic mass is 10.2. The van der Waals surface area contributed by atoms with E-state index in [2.05, 4.69) is 9.97 Å². The Morgan fingerprint density at radius 3 is 2.75 bits per heavy atom. The van der Waals surface area contributed by atoms with Gasteiger partial charge in [-0.25, -0.2) is 9.97 Å². The maximum Gasteiger partial charge on any atom is 0.223 e. The molecule has 1 heterocycles. The maximum absolute atomic E-state index is 5.87. The molecular weight excluding hydrogens is 195 g/mol. The fourth-order valence-electron chi connectivity index (χ4n) is 1.14.